The first-order chi connectivity index (χ1) is 23.1. The van der Waals surface area contributed by atoms with Crippen molar-refractivity contribution in [2.45, 2.75) is 124 Å². The van der Waals surface area contributed by atoms with Crippen molar-refractivity contribution in [3.63, 3.8) is 0 Å². The molecule has 5 atom stereocenters. The number of benzene rings is 1. The number of carboxylic acids is 1. The van der Waals surface area contributed by atoms with E-state index < -0.39 is 65.6 Å². The van der Waals surface area contributed by atoms with Crippen LogP contribution in [0.25, 0.3) is 0 Å². The monoisotopic (exact) mass is 685 g/mol. The molecule has 0 aromatic heterocycles. The Morgan fingerprint density at radius 2 is 1.47 bits per heavy atom. The number of nitrogens with zero attached hydrogens (tertiary/aromatic N) is 1. The molecule has 1 aromatic carbocycles. The third kappa shape index (κ3) is 12.6. The van der Waals surface area contributed by atoms with Gasteiger partial charge in [-0.3, -0.25) is 28.8 Å². The third-order valence-corrected chi connectivity index (χ3v) is 8.62. The largest absolute Gasteiger partial charge is 0.480 e. The van der Waals surface area contributed by atoms with Crippen molar-refractivity contribution in [1.82, 2.24) is 26.2 Å². The highest BCUT2D eigenvalue weighted by molar-refractivity contribution is 6.38. The lowest BCUT2D eigenvalue weighted by Gasteiger charge is -2.31. The maximum atomic E-state index is 13.7. The van der Waals surface area contributed by atoms with E-state index in [0.29, 0.717) is 25.8 Å². The number of ketones is 1. The topological polar surface area (TPSA) is 191 Å². The predicted molar refractivity (Wildman–Crippen MR) is 184 cm³/mol. The van der Waals surface area contributed by atoms with Crippen molar-refractivity contribution >= 4 is 41.3 Å². The Morgan fingerprint density at radius 3 is 2.02 bits per heavy atom. The first-order valence-corrected chi connectivity index (χ1v) is 17.4. The van der Waals surface area contributed by atoms with E-state index in [1.807, 2.05) is 58.0 Å². The van der Waals surface area contributed by atoms with Gasteiger partial charge in [-0.25, -0.2) is 4.79 Å². The number of aryl methyl sites for hydroxylation is 1. The number of hydrogen-bond acceptors (Lipinski definition) is 7. The zero-order valence-corrected chi connectivity index (χ0v) is 29.9. The van der Waals surface area contributed by atoms with E-state index in [-0.39, 0.29) is 42.9 Å². The molecule has 5 N–H and O–H groups in total. The molecule has 1 aromatic rings. The zero-order valence-electron chi connectivity index (χ0n) is 29.9. The van der Waals surface area contributed by atoms with Gasteiger partial charge in [-0.05, 0) is 61.8 Å². The molecule has 1 aliphatic rings. The van der Waals surface area contributed by atoms with Gasteiger partial charge in [0.1, 0.15) is 24.2 Å². The summed E-state index contributed by atoms with van der Waals surface area (Å²) in [6, 6.07) is 4.49. The Bertz CT molecular complexity index is 1320. The van der Waals surface area contributed by atoms with Crippen LogP contribution in [0.4, 0.5) is 0 Å². The Balaban J connectivity index is 2.06. The van der Waals surface area contributed by atoms with Gasteiger partial charge in [0.05, 0.1) is 6.04 Å². The van der Waals surface area contributed by atoms with E-state index >= 15 is 0 Å². The quantitative estimate of drug-likeness (QED) is 0.137. The van der Waals surface area contributed by atoms with E-state index in [2.05, 4.69) is 21.3 Å². The Kier molecular flexibility index (Phi) is 16.4. The number of carbonyl (C=O) groups excluding carboxylic acids is 6. The molecular weight excluding hydrogens is 630 g/mol. The molecule has 272 valence electrons. The summed E-state index contributed by atoms with van der Waals surface area (Å²) < 4.78 is 0. The van der Waals surface area contributed by atoms with Crippen molar-refractivity contribution in [3.8, 4) is 0 Å². The molecular formula is C36H55N5O8. The second kappa shape index (κ2) is 19.6. The minimum absolute atomic E-state index is 0.0712. The molecule has 0 radical (unpaired) electrons. The van der Waals surface area contributed by atoms with Crippen molar-refractivity contribution in [2.75, 3.05) is 6.54 Å². The lowest BCUT2D eigenvalue weighted by atomic mass is 9.99. The highest BCUT2D eigenvalue weighted by Crippen LogP contribution is 2.21. The van der Waals surface area contributed by atoms with E-state index in [9.17, 15) is 38.7 Å². The summed E-state index contributed by atoms with van der Waals surface area (Å²) in [5, 5.41) is 19.8. The van der Waals surface area contributed by atoms with Gasteiger partial charge >= 0.3 is 5.97 Å². The SMILES string of the molecule is CCC(NC(=O)[C@@H]1CCCN1C(=O)[C@@H](NC(=O)CCCc1ccccc1)C(C)C)C(=O)C(=O)N[C@H](CC(C)C)C(=O)N[C@H](C(=O)O)C(C)C. The molecule has 1 heterocycles. The van der Waals surface area contributed by atoms with Crippen LogP contribution in [0.1, 0.15) is 92.6 Å². The van der Waals surface area contributed by atoms with Crippen LogP contribution in [0, 0.1) is 17.8 Å². The third-order valence-electron chi connectivity index (χ3n) is 8.62. The van der Waals surface area contributed by atoms with Crippen LogP contribution in [-0.4, -0.2) is 88.0 Å². The summed E-state index contributed by atoms with van der Waals surface area (Å²) in [5.41, 5.74) is 1.12. The van der Waals surface area contributed by atoms with Crippen LogP contribution in [0.3, 0.4) is 0 Å². The average Bonchev–Trinajstić information content (AvgIpc) is 3.54. The minimum atomic E-state index is -1.22. The fraction of sp³-hybridized carbons (Fsp3) is 0.639. The number of carboxylic acid groups (broad SMARTS) is 1. The number of carbonyl (C=O) groups is 7. The average molecular weight is 686 g/mol. The van der Waals surface area contributed by atoms with Gasteiger partial charge in [-0.1, -0.05) is 78.8 Å². The van der Waals surface area contributed by atoms with Gasteiger partial charge in [0.2, 0.25) is 29.4 Å². The van der Waals surface area contributed by atoms with Gasteiger partial charge in [-0.15, -0.1) is 0 Å². The first-order valence-electron chi connectivity index (χ1n) is 17.4. The second-order valence-corrected chi connectivity index (χ2v) is 13.9. The maximum absolute atomic E-state index is 13.7. The molecule has 13 nitrogen and oxygen atoms in total. The summed E-state index contributed by atoms with van der Waals surface area (Å²) in [5.74, 6) is -5.96. The van der Waals surface area contributed by atoms with Crippen molar-refractivity contribution in [2.24, 2.45) is 17.8 Å². The van der Waals surface area contributed by atoms with Crippen LogP contribution in [-0.2, 0) is 40.0 Å². The van der Waals surface area contributed by atoms with Crippen LogP contribution in [0.2, 0.25) is 0 Å². The molecule has 49 heavy (non-hydrogen) atoms. The summed E-state index contributed by atoms with van der Waals surface area (Å²) >= 11 is 0. The Morgan fingerprint density at radius 1 is 0.837 bits per heavy atom. The van der Waals surface area contributed by atoms with Crippen LogP contribution < -0.4 is 21.3 Å². The number of aliphatic carboxylic acids is 1. The number of nitrogens with one attached hydrogen (secondary N) is 4. The molecule has 0 bridgehead atoms. The fourth-order valence-electron chi connectivity index (χ4n) is 5.82. The molecule has 13 heteroatoms. The second-order valence-electron chi connectivity index (χ2n) is 13.9. The van der Waals surface area contributed by atoms with E-state index in [1.54, 1.807) is 20.8 Å². The maximum Gasteiger partial charge on any atom is 0.326 e. The molecule has 0 saturated carbocycles. The molecule has 1 saturated heterocycles. The summed E-state index contributed by atoms with van der Waals surface area (Å²) in [7, 11) is 0. The Labute approximate surface area is 289 Å². The molecule has 2 rings (SSSR count). The van der Waals surface area contributed by atoms with E-state index in [4.69, 9.17) is 0 Å². The molecule has 1 fully saturated rings. The lowest BCUT2D eigenvalue weighted by molar-refractivity contribution is -0.145. The molecule has 5 amide bonds. The number of likely N-dealkylation sites (tertiary alicyclic amines) is 1. The fourth-order valence-corrected chi connectivity index (χ4v) is 5.82. The molecule has 1 unspecified atom stereocenters. The zero-order chi connectivity index (χ0) is 36.8. The minimum Gasteiger partial charge on any atom is -0.480 e. The summed E-state index contributed by atoms with van der Waals surface area (Å²) in [6.07, 6.45) is 2.71. The van der Waals surface area contributed by atoms with Gasteiger partial charge in [0.25, 0.3) is 5.91 Å². The first kappa shape index (κ1) is 40.9. The van der Waals surface area contributed by atoms with Gasteiger partial charge in [0.15, 0.2) is 0 Å². The van der Waals surface area contributed by atoms with Crippen LogP contribution in [0.5, 0.6) is 0 Å². The van der Waals surface area contributed by atoms with Crippen molar-refractivity contribution in [3.05, 3.63) is 35.9 Å². The summed E-state index contributed by atoms with van der Waals surface area (Å²) in [4.78, 5) is 92.3. The van der Waals surface area contributed by atoms with Gasteiger partial charge in [-0.2, -0.15) is 0 Å². The van der Waals surface area contributed by atoms with Crippen LogP contribution in [0.15, 0.2) is 30.3 Å². The highest BCUT2D eigenvalue weighted by atomic mass is 16.4. The Hall–Kier alpha value is -4.29. The number of Topliss-reactive ketones (excluding diaryl/α,β-unsaturated/α-hetero) is 1. The van der Waals surface area contributed by atoms with Crippen LogP contribution >= 0.6 is 0 Å². The van der Waals surface area contributed by atoms with Crippen molar-refractivity contribution < 1.29 is 38.7 Å². The normalized spacial score (nSPS) is 16.9. The smallest absolute Gasteiger partial charge is 0.326 e. The summed E-state index contributed by atoms with van der Waals surface area (Å²) in [6.45, 7) is 12.5. The number of amides is 5. The van der Waals surface area contributed by atoms with Gasteiger partial charge in [0, 0.05) is 13.0 Å². The number of hydrogen-bond donors (Lipinski definition) is 5. The lowest BCUT2D eigenvalue weighted by Crippen LogP contribution is -2.58. The van der Waals surface area contributed by atoms with E-state index in [1.165, 1.54) is 4.90 Å². The molecule has 0 spiro atoms. The highest BCUT2D eigenvalue weighted by Gasteiger charge is 2.40. The van der Waals surface area contributed by atoms with E-state index in [0.717, 1.165) is 12.0 Å². The van der Waals surface area contributed by atoms with Crippen molar-refractivity contribution in [1.29, 1.82) is 0 Å². The van der Waals surface area contributed by atoms with Gasteiger partial charge < -0.3 is 31.3 Å². The standard InChI is InChI=1S/C36H55N5O8/c1-8-25(31(43)34(46)38-26(20-21(2)3)32(44)40-30(23(6)7)36(48)49)37-33(45)27-17-13-19-41(27)35(47)29(22(4)5)39-28(42)18-12-16-24-14-10-9-11-15-24/h9-11,14-15,21-23,25-27,29-30H,8,12-13,16-20H2,1-7H3,(H,37,45)(H,38,46)(H,39,42)(H,40,44)(H,48,49)/t25?,26-,27+,29+,30+/m1/s1. The molecule has 1 aliphatic heterocycles. The predicted octanol–water partition coefficient (Wildman–Crippen LogP) is 2.36. The number of rotatable bonds is 19. The molecule has 0 aliphatic carbocycles.